The molecule has 2 unspecified atom stereocenters. The number of nitrogens with zero attached hydrogens (tertiary/aromatic N) is 2. The van der Waals surface area contributed by atoms with Gasteiger partial charge in [-0.2, -0.15) is 0 Å². The molecule has 15 heavy (non-hydrogen) atoms. The highest BCUT2D eigenvalue weighted by Gasteiger charge is 2.32. The van der Waals surface area contributed by atoms with Gasteiger partial charge in [-0.05, 0) is 33.2 Å². The Morgan fingerprint density at radius 3 is 2.93 bits per heavy atom. The number of carbonyl (C=O) groups is 1. The molecule has 3 nitrogen and oxygen atoms in total. The lowest BCUT2D eigenvalue weighted by Gasteiger charge is -2.40. The molecular weight excluding hydrogens is 188 g/mol. The number of hydrogen-bond donors (Lipinski definition) is 0. The van der Waals surface area contributed by atoms with Crippen LogP contribution >= 0.6 is 0 Å². The van der Waals surface area contributed by atoms with E-state index in [0.29, 0.717) is 18.2 Å². The van der Waals surface area contributed by atoms with Crippen LogP contribution in [0.2, 0.25) is 0 Å². The SMILES string of the molecule is CC(=O)CC(C)N1CCN2CCCC2C1. The van der Waals surface area contributed by atoms with Crippen LogP contribution in [0.15, 0.2) is 0 Å². The smallest absolute Gasteiger partial charge is 0.131 e. The van der Waals surface area contributed by atoms with Gasteiger partial charge in [0.1, 0.15) is 5.78 Å². The van der Waals surface area contributed by atoms with Gasteiger partial charge in [0, 0.05) is 38.1 Å². The maximum absolute atomic E-state index is 11.1. The Hall–Kier alpha value is -0.410. The van der Waals surface area contributed by atoms with Crippen LogP contribution in [0.1, 0.15) is 33.1 Å². The average Bonchev–Trinajstić information content (AvgIpc) is 2.62. The number of Topliss-reactive ketones (excluding diaryl/α,β-unsaturated/α-hetero) is 1. The summed E-state index contributed by atoms with van der Waals surface area (Å²) in [5.74, 6) is 0.316. The second-order valence-corrected chi connectivity index (χ2v) is 5.08. The molecule has 2 heterocycles. The second kappa shape index (κ2) is 4.62. The standard InChI is InChI=1S/C12H22N2O/c1-10(8-11(2)15)14-7-6-13-5-3-4-12(13)9-14/h10,12H,3-9H2,1-2H3. The van der Waals surface area contributed by atoms with Crippen LogP contribution in [0.3, 0.4) is 0 Å². The van der Waals surface area contributed by atoms with E-state index in [-0.39, 0.29) is 0 Å². The molecule has 0 aromatic rings. The van der Waals surface area contributed by atoms with Crippen molar-refractivity contribution >= 4 is 5.78 Å². The lowest BCUT2D eigenvalue weighted by atomic mass is 10.1. The molecule has 0 aromatic carbocycles. The lowest BCUT2D eigenvalue weighted by molar-refractivity contribution is -0.118. The fourth-order valence-corrected chi connectivity index (χ4v) is 2.96. The van der Waals surface area contributed by atoms with Crippen molar-refractivity contribution in [3.05, 3.63) is 0 Å². The molecule has 0 saturated carbocycles. The molecule has 3 heteroatoms. The van der Waals surface area contributed by atoms with E-state index in [1.807, 2.05) is 0 Å². The van der Waals surface area contributed by atoms with E-state index in [2.05, 4.69) is 16.7 Å². The van der Waals surface area contributed by atoms with Crippen LogP contribution in [0.5, 0.6) is 0 Å². The predicted octanol–water partition coefficient (Wildman–Crippen LogP) is 1.13. The third kappa shape index (κ3) is 2.58. The van der Waals surface area contributed by atoms with E-state index in [4.69, 9.17) is 0 Å². The fraction of sp³-hybridized carbons (Fsp3) is 0.917. The van der Waals surface area contributed by atoms with E-state index in [1.165, 1.54) is 32.5 Å². The Morgan fingerprint density at radius 1 is 1.40 bits per heavy atom. The third-order valence-corrected chi connectivity index (χ3v) is 3.82. The highest BCUT2D eigenvalue weighted by Crippen LogP contribution is 2.23. The normalized spacial score (nSPS) is 30.1. The fourth-order valence-electron chi connectivity index (χ4n) is 2.96. The van der Waals surface area contributed by atoms with Gasteiger partial charge in [0.15, 0.2) is 0 Å². The van der Waals surface area contributed by atoms with Crippen molar-refractivity contribution in [1.29, 1.82) is 0 Å². The first kappa shape index (κ1) is 11.1. The third-order valence-electron chi connectivity index (χ3n) is 3.82. The van der Waals surface area contributed by atoms with Crippen molar-refractivity contribution in [2.45, 2.75) is 45.2 Å². The van der Waals surface area contributed by atoms with Gasteiger partial charge in [0.25, 0.3) is 0 Å². The molecule has 2 fully saturated rings. The molecule has 0 N–H and O–H groups in total. The monoisotopic (exact) mass is 210 g/mol. The Balaban J connectivity index is 1.86. The van der Waals surface area contributed by atoms with Gasteiger partial charge in [0.2, 0.25) is 0 Å². The van der Waals surface area contributed by atoms with Gasteiger partial charge in [0.05, 0.1) is 0 Å². The number of fused-ring (bicyclic) bond motifs is 1. The summed E-state index contributed by atoms with van der Waals surface area (Å²) < 4.78 is 0. The van der Waals surface area contributed by atoms with Gasteiger partial charge in [-0.25, -0.2) is 0 Å². The van der Waals surface area contributed by atoms with Gasteiger partial charge in [-0.15, -0.1) is 0 Å². The van der Waals surface area contributed by atoms with Crippen molar-refractivity contribution in [1.82, 2.24) is 9.80 Å². The molecule has 0 spiro atoms. The van der Waals surface area contributed by atoms with Crippen molar-refractivity contribution in [2.75, 3.05) is 26.2 Å². The zero-order chi connectivity index (χ0) is 10.8. The molecule has 0 aromatic heterocycles. The summed E-state index contributed by atoms with van der Waals surface area (Å²) in [5.41, 5.74) is 0. The van der Waals surface area contributed by atoms with Gasteiger partial charge >= 0.3 is 0 Å². The molecule has 2 aliphatic heterocycles. The predicted molar refractivity (Wildman–Crippen MR) is 60.9 cm³/mol. The summed E-state index contributed by atoms with van der Waals surface area (Å²) in [6.45, 7) is 8.69. The summed E-state index contributed by atoms with van der Waals surface area (Å²) in [6, 6.07) is 1.21. The van der Waals surface area contributed by atoms with Crippen LogP contribution in [-0.4, -0.2) is 53.8 Å². The van der Waals surface area contributed by atoms with E-state index >= 15 is 0 Å². The van der Waals surface area contributed by atoms with E-state index < -0.39 is 0 Å². The maximum atomic E-state index is 11.1. The molecule has 0 bridgehead atoms. The molecule has 86 valence electrons. The first-order valence-electron chi connectivity index (χ1n) is 6.14. The minimum absolute atomic E-state index is 0.316. The Kier molecular flexibility index (Phi) is 3.42. The number of rotatable bonds is 3. The minimum atomic E-state index is 0.316. The first-order valence-corrected chi connectivity index (χ1v) is 6.14. The highest BCUT2D eigenvalue weighted by molar-refractivity contribution is 5.76. The first-order chi connectivity index (χ1) is 7.16. The Bertz CT molecular complexity index is 242. The largest absolute Gasteiger partial charge is 0.300 e. The number of piperazine rings is 1. The van der Waals surface area contributed by atoms with Crippen LogP contribution in [0, 0.1) is 0 Å². The molecule has 0 amide bonds. The number of ketones is 1. The molecule has 2 atom stereocenters. The average molecular weight is 210 g/mol. The summed E-state index contributed by atoms with van der Waals surface area (Å²) >= 11 is 0. The quantitative estimate of drug-likeness (QED) is 0.698. The second-order valence-electron chi connectivity index (χ2n) is 5.08. The van der Waals surface area contributed by atoms with Crippen LogP contribution in [0.25, 0.3) is 0 Å². The number of carbonyl (C=O) groups excluding carboxylic acids is 1. The molecule has 2 saturated heterocycles. The highest BCUT2D eigenvalue weighted by atomic mass is 16.1. The zero-order valence-electron chi connectivity index (χ0n) is 9.91. The zero-order valence-corrected chi connectivity index (χ0v) is 9.91. The van der Waals surface area contributed by atoms with Crippen molar-refractivity contribution in [3.63, 3.8) is 0 Å². The van der Waals surface area contributed by atoms with Gasteiger partial charge < -0.3 is 0 Å². The molecule has 0 radical (unpaired) electrons. The van der Waals surface area contributed by atoms with Crippen molar-refractivity contribution in [2.24, 2.45) is 0 Å². The molecular formula is C12H22N2O. The Labute approximate surface area is 92.4 Å². The number of hydrogen-bond acceptors (Lipinski definition) is 3. The summed E-state index contributed by atoms with van der Waals surface area (Å²) in [5, 5.41) is 0. The lowest BCUT2D eigenvalue weighted by Crippen LogP contribution is -2.53. The minimum Gasteiger partial charge on any atom is -0.300 e. The molecule has 0 aliphatic carbocycles. The van der Waals surface area contributed by atoms with E-state index in [9.17, 15) is 4.79 Å². The maximum Gasteiger partial charge on any atom is 0.131 e. The summed E-state index contributed by atoms with van der Waals surface area (Å²) in [4.78, 5) is 16.2. The van der Waals surface area contributed by atoms with E-state index in [1.54, 1.807) is 6.92 Å². The van der Waals surface area contributed by atoms with Crippen molar-refractivity contribution in [3.8, 4) is 0 Å². The van der Waals surface area contributed by atoms with Crippen LogP contribution in [-0.2, 0) is 4.79 Å². The van der Waals surface area contributed by atoms with Crippen LogP contribution < -0.4 is 0 Å². The van der Waals surface area contributed by atoms with Gasteiger partial charge in [-0.3, -0.25) is 14.6 Å². The Morgan fingerprint density at radius 2 is 2.20 bits per heavy atom. The van der Waals surface area contributed by atoms with Gasteiger partial charge in [-0.1, -0.05) is 0 Å². The van der Waals surface area contributed by atoms with Crippen molar-refractivity contribution < 1.29 is 4.79 Å². The topological polar surface area (TPSA) is 23.6 Å². The molecule has 2 aliphatic rings. The summed E-state index contributed by atoms with van der Waals surface area (Å²) in [7, 11) is 0. The van der Waals surface area contributed by atoms with E-state index in [0.717, 1.165) is 12.6 Å². The molecule has 2 rings (SSSR count). The summed E-state index contributed by atoms with van der Waals surface area (Å²) in [6.07, 6.45) is 3.43. The van der Waals surface area contributed by atoms with Crippen LogP contribution in [0.4, 0.5) is 0 Å².